The minimum atomic E-state index is -0.691. The maximum absolute atomic E-state index is 14.0. The number of piperazine rings is 1. The van der Waals surface area contributed by atoms with Crippen LogP contribution in [0, 0.1) is 11.6 Å². The predicted octanol–water partition coefficient (Wildman–Crippen LogP) is 1.27. The molecule has 0 atom stereocenters. The van der Waals surface area contributed by atoms with Gasteiger partial charge in [-0.3, -0.25) is 4.79 Å². The molecule has 0 aromatic heterocycles. The number of hydrogen-bond acceptors (Lipinski definition) is 3. The number of anilines is 1. The Balaban J connectivity index is 2.22. The Labute approximate surface area is 121 Å². The lowest BCUT2D eigenvalue weighted by Gasteiger charge is -2.35. The van der Waals surface area contributed by atoms with Gasteiger partial charge >= 0.3 is 0 Å². The van der Waals surface area contributed by atoms with Gasteiger partial charge < -0.3 is 15.5 Å². The first-order chi connectivity index (χ1) is 9.40. The van der Waals surface area contributed by atoms with Crippen LogP contribution in [0.15, 0.2) is 12.1 Å². The number of benzene rings is 1. The highest BCUT2D eigenvalue weighted by Crippen LogP contribution is 2.26. The van der Waals surface area contributed by atoms with Crippen LogP contribution in [0.5, 0.6) is 0 Å². The quantitative estimate of drug-likeness (QED) is 0.836. The number of hydrogen-bond donors (Lipinski definition) is 1. The van der Waals surface area contributed by atoms with Crippen molar-refractivity contribution in [2.24, 2.45) is 5.73 Å². The van der Waals surface area contributed by atoms with Crippen LogP contribution < -0.4 is 10.6 Å². The molecule has 1 aliphatic heterocycles. The van der Waals surface area contributed by atoms with Gasteiger partial charge in [0.05, 0.1) is 0 Å². The molecule has 1 aromatic carbocycles. The van der Waals surface area contributed by atoms with Gasteiger partial charge in [0.2, 0.25) is 5.91 Å². The Hall–Kier alpha value is -1.76. The van der Waals surface area contributed by atoms with E-state index in [0.717, 1.165) is 12.1 Å². The second kappa shape index (κ2) is 5.70. The second-order valence-corrected chi connectivity index (χ2v) is 5.09. The third-order valence-electron chi connectivity index (χ3n) is 3.34. The Bertz CT molecular complexity index is 534. The highest BCUT2D eigenvalue weighted by atomic mass is 32.1. The zero-order chi connectivity index (χ0) is 14.9. The van der Waals surface area contributed by atoms with E-state index in [2.05, 4.69) is 0 Å². The monoisotopic (exact) mass is 299 g/mol. The molecular weight excluding hydrogens is 284 g/mol. The highest BCUT2D eigenvalue weighted by molar-refractivity contribution is 7.80. The first-order valence-corrected chi connectivity index (χ1v) is 6.60. The van der Waals surface area contributed by atoms with Crippen LogP contribution in [0.2, 0.25) is 0 Å². The summed E-state index contributed by atoms with van der Waals surface area (Å²) in [6, 6.07) is 2.27. The van der Waals surface area contributed by atoms with E-state index in [9.17, 15) is 13.6 Å². The predicted molar refractivity (Wildman–Crippen MR) is 76.7 cm³/mol. The molecule has 0 radical (unpaired) electrons. The lowest BCUT2D eigenvalue weighted by molar-refractivity contribution is -0.129. The number of rotatable bonds is 2. The molecule has 1 amide bonds. The van der Waals surface area contributed by atoms with Crippen LogP contribution in [-0.2, 0) is 4.79 Å². The first kappa shape index (κ1) is 14.6. The molecule has 4 nitrogen and oxygen atoms in total. The molecule has 1 aromatic rings. The van der Waals surface area contributed by atoms with Crippen molar-refractivity contribution in [1.29, 1.82) is 0 Å². The Morgan fingerprint density at radius 3 is 2.10 bits per heavy atom. The van der Waals surface area contributed by atoms with Crippen molar-refractivity contribution in [3.05, 3.63) is 29.3 Å². The van der Waals surface area contributed by atoms with Crippen LogP contribution >= 0.6 is 12.2 Å². The summed E-state index contributed by atoms with van der Waals surface area (Å²) in [7, 11) is 0. The summed E-state index contributed by atoms with van der Waals surface area (Å²) in [6.07, 6.45) is 0. The average molecular weight is 299 g/mol. The number of amides is 1. The molecule has 1 saturated heterocycles. The SMILES string of the molecule is CC(=O)N1CCN(c2c(F)cc(C(N)=S)cc2F)CC1. The number of nitrogens with two attached hydrogens (primary N) is 1. The largest absolute Gasteiger partial charge is 0.389 e. The fourth-order valence-electron chi connectivity index (χ4n) is 2.25. The Morgan fingerprint density at radius 2 is 1.70 bits per heavy atom. The van der Waals surface area contributed by atoms with Gasteiger partial charge in [0.15, 0.2) is 0 Å². The molecular formula is C13H15F2N3OS. The first-order valence-electron chi connectivity index (χ1n) is 6.19. The lowest BCUT2D eigenvalue weighted by Crippen LogP contribution is -2.48. The maximum Gasteiger partial charge on any atom is 0.219 e. The Kier molecular flexibility index (Phi) is 4.17. The van der Waals surface area contributed by atoms with E-state index in [4.69, 9.17) is 18.0 Å². The van der Waals surface area contributed by atoms with E-state index >= 15 is 0 Å². The smallest absolute Gasteiger partial charge is 0.219 e. The van der Waals surface area contributed by atoms with E-state index in [1.165, 1.54) is 6.92 Å². The van der Waals surface area contributed by atoms with Crippen molar-refractivity contribution in [3.8, 4) is 0 Å². The van der Waals surface area contributed by atoms with Gasteiger partial charge in [0.1, 0.15) is 22.3 Å². The summed E-state index contributed by atoms with van der Waals surface area (Å²) >= 11 is 4.71. The third kappa shape index (κ3) is 2.87. The van der Waals surface area contributed by atoms with Crippen LogP contribution in [0.25, 0.3) is 0 Å². The molecule has 20 heavy (non-hydrogen) atoms. The minimum absolute atomic E-state index is 0.0329. The normalized spacial score (nSPS) is 15.3. The summed E-state index contributed by atoms with van der Waals surface area (Å²) in [6.45, 7) is 3.16. The Morgan fingerprint density at radius 1 is 1.20 bits per heavy atom. The highest BCUT2D eigenvalue weighted by Gasteiger charge is 2.24. The zero-order valence-corrected chi connectivity index (χ0v) is 11.8. The van der Waals surface area contributed by atoms with Crippen LogP contribution in [0.3, 0.4) is 0 Å². The van der Waals surface area contributed by atoms with Crippen molar-refractivity contribution < 1.29 is 13.6 Å². The molecule has 108 valence electrons. The number of carbonyl (C=O) groups is 1. The summed E-state index contributed by atoms with van der Waals surface area (Å²) in [5, 5.41) is 0. The fraction of sp³-hybridized carbons (Fsp3) is 0.385. The number of thiocarbonyl (C=S) groups is 1. The molecule has 0 bridgehead atoms. The second-order valence-electron chi connectivity index (χ2n) is 4.65. The van der Waals surface area contributed by atoms with Crippen molar-refractivity contribution >= 4 is 28.8 Å². The third-order valence-corrected chi connectivity index (χ3v) is 3.58. The minimum Gasteiger partial charge on any atom is -0.389 e. The molecule has 2 rings (SSSR count). The van der Waals surface area contributed by atoms with Crippen molar-refractivity contribution in [2.75, 3.05) is 31.1 Å². The standard InChI is InChI=1S/C13H15F2N3OS/c1-8(19)17-2-4-18(5-3-17)12-10(14)6-9(13(16)20)7-11(12)15/h6-7H,2-5H2,1H3,(H2,16,20). The molecule has 0 spiro atoms. The molecule has 0 unspecified atom stereocenters. The van der Waals surface area contributed by atoms with Gasteiger partial charge in [-0.1, -0.05) is 12.2 Å². The van der Waals surface area contributed by atoms with Crippen molar-refractivity contribution in [3.63, 3.8) is 0 Å². The molecule has 1 heterocycles. The van der Waals surface area contributed by atoms with Crippen LogP contribution in [0.1, 0.15) is 12.5 Å². The van der Waals surface area contributed by atoms with Crippen molar-refractivity contribution in [1.82, 2.24) is 4.90 Å². The van der Waals surface area contributed by atoms with E-state index < -0.39 is 11.6 Å². The molecule has 0 saturated carbocycles. The molecule has 1 aliphatic rings. The van der Waals surface area contributed by atoms with Gasteiger partial charge in [-0.2, -0.15) is 0 Å². The fourth-order valence-corrected chi connectivity index (χ4v) is 2.37. The number of halogens is 2. The van der Waals surface area contributed by atoms with Gasteiger partial charge in [0.25, 0.3) is 0 Å². The summed E-state index contributed by atoms with van der Waals surface area (Å²) in [5.41, 5.74) is 5.45. The maximum atomic E-state index is 14.0. The van der Waals surface area contributed by atoms with E-state index in [-0.39, 0.29) is 22.1 Å². The summed E-state index contributed by atoms with van der Waals surface area (Å²) < 4.78 is 28.1. The van der Waals surface area contributed by atoms with E-state index in [1.807, 2.05) is 0 Å². The van der Waals surface area contributed by atoms with E-state index in [0.29, 0.717) is 26.2 Å². The van der Waals surface area contributed by atoms with E-state index in [1.54, 1.807) is 9.80 Å². The molecule has 1 fully saturated rings. The summed E-state index contributed by atoms with van der Waals surface area (Å²) in [4.78, 5) is 14.4. The topological polar surface area (TPSA) is 49.6 Å². The van der Waals surface area contributed by atoms with Gasteiger partial charge in [-0.15, -0.1) is 0 Å². The van der Waals surface area contributed by atoms with Crippen LogP contribution in [-0.4, -0.2) is 42.0 Å². The summed E-state index contributed by atoms with van der Waals surface area (Å²) in [5.74, 6) is -1.41. The zero-order valence-electron chi connectivity index (χ0n) is 11.0. The van der Waals surface area contributed by atoms with Crippen LogP contribution in [0.4, 0.5) is 14.5 Å². The number of carbonyl (C=O) groups excluding carboxylic acids is 1. The van der Waals surface area contributed by atoms with Gasteiger partial charge in [0, 0.05) is 38.7 Å². The van der Waals surface area contributed by atoms with Gasteiger partial charge in [-0.25, -0.2) is 8.78 Å². The van der Waals surface area contributed by atoms with Gasteiger partial charge in [-0.05, 0) is 12.1 Å². The van der Waals surface area contributed by atoms with Crippen molar-refractivity contribution in [2.45, 2.75) is 6.92 Å². The molecule has 2 N–H and O–H groups in total. The average Bonchev–Trinajstić information content (AvgIpc) is 2.38. The molecule has 7 heteroatoms. The molecule has 0 aliphatic carbocycles. The number of nitrogens with zero attached hydrogens (tertiary/aromatic N) is 2. The lowest BCUT2D eigenvalue weighted by atomic mass is 10.1.